The normalized spacial score (nSPS) is 12.4. The number of aryl methyl sites for hydroxylation is 1. The zero-order chi connectivity index (χ0) is 13.5. The van der Waals surface area contributed by atoms with Gasteiger partial charge >= 0.3 is 0 Å². The summed E-state index contributed by atoms with van der Waals surface area (Å²) in [4.78, 5) is 22.1. The molecule has 94 valence electrons. The number of carbonyl (C=O) groups is 2. The van der Waals surface area contributed by atoms with Gasteiger partial charge in [-0.05, 0) is 38.3 Å². The lowest BCUT2D eigenvalue weighted by Gasteiger charge is -2.09. The maximum Gasteiger partial charge on any atom is 0.225 e. The summed E-state index contributed by atoms with van der Waals surface area (Å²) in [5, 5.41) is 0. The van der Waals surface area contributed by atoms with Gasteiger partial charge in [-0.3, -0.25) is 9.59 Å². The van der Waals surface area contributed by atoms with E-state index in [2.05, 4.69) is 0 Å². The van der Waals surface area contributed by atoms with Crippen molar-refractivity contribution in [2.45, 2.75) is 27.2 Å². The number of benzene rings is 1. The van der Waals surface area contributed by atoms with Gasteiger partial charge in [-0.25, -0.2) is 0 Å². The molecular formula is C16H18O2. The van der Waals surface area contributed by atoms with E-state index in [-0.39, 0.29) is 0 Å². The molecule has 0 N–H and O–H groups in total. The average molecular weight is 242 g/mol. The zero-order valence-corrected chi connectivity index (χ0v) is 11.1. The summed E-state index contributed by atoms with van der Waals surface area (Å²) in [6, 6.07) is 8.16. The third-order valence-corrected chi connectivity index (χ3v) is 2.87. The molecule has 0 saturated carbocycles. The van der Waals surface area contributed by atoms with Gasteiger partial charge in [-0.15, -0.1) is 0 Å². The highest BCUT2D eigenvalue weighted by molar-refractivity contribution is 6.34. The van der Waals surface area contributed by atoms with Crippen molar-refractivity contribution < 1.29 is 9.59 Å². The van der Waals surface area contributed by atoms with Gasteiger partial charge in [0.25, 0.3) is 0 Å². The lowest BCUT2D eigenvalue weighted by Crippen LogP contribution is -2.08. The molecule has 0 radical (unpaired) electrons. The standard InChI is InChI=1S/C16H18O2/c1-4-14(15(5-2)16(18)11-17)10-13-8-6-12(3)7-9-13/h4-9,11H,10H2,1-3H3/b14-4-,15-5+. The molecule has 1 aromatic carbocycles. The average Bonchev–Trinajstić information content (AvgIpc) is 2.40. The summed E-state index contributed by atoms with van der Waals surface area (Å²) in [5.74, 6) is -0.460. The first kappa shape index (κ1) is 14.1. The van der Waals surface area contributed by atoms with E-state index < -0.39 is 5.78 Å². The van der Waals surface area contributed by atoms with E-state index in [0.717, 1.165) is 11.1 Å². The van der Waals surface area contributed by atoms with Crippen LogP contribution >= 0.6 is 0 Å². The Morgan fingerprint density at radius 2 is 1.72 bits per heavy atom. The highest BCUT2D eigenvalue weighted by atomic mass is 16.2. The fourth-order valence-corrected chi connectivity index (χ4v) is 1.83. The minimum absolute atomic E-state index is 0.369. The molecule has 1 rings (SSSR count). The van der Waals surface area contributed by atoms with Crippen LogP contribution in [0.1, 0.15) is 25.0 Å². The number of aldehydes is 1. The van der Waals surface area contributed by atoms with Gasteiger partial charge in [0.15, 0.2) is 6.29 Å². The van der Waals surface area contributed by atoms with Gasteiger partial charge in [0, 0.05) is 5.57 Å². The summed E-state index contributed by atoms with van der Waals surface area (Å²) >= 11 is 0. The lowest BCUT2D eigenvalue weighted by atomic mass is 9.95. The van der Waals surface area contributed by atoms with E-state index in [1.807, 2.05) is 44.2 Å². The Morgan fingerprint density at radius 1 is 1.11 bits per heavy atom. The van der Waals surface area contributed by atoms with Crippen LogP contribution in [-0.2, 0) is 16.0 Å². The van der Waals surface area contributed by atoms with Crippen molar-refractivity contribution in [2.24, 2.45) is 0 Å². The number of rotatable bonds is 5. The quantitative estimate of drug-likeness (QED) is 0.344. The maximum atomic E-state index is 11.5. The van der Waals surface area contributed by atoms with Crippen LogP contribution in [-0.4, -0.2) is 12.1 Å². The third kappa shape index (κ3) is 3.52. The van der Waals surface area contributed by atoms with Crippen molar-refractivity contribution in [1.82, 2.24) is 0 Å². The van der Waals surface area contributed by atoms with E-state index in [0.29, 0.717) is 18.3 Å². The van der Waals surface area contributed by atoms with Crippen molar-refractivity contribution in [3.8, 4) is 0 Å². The molecule has 0 amide bonds. The SMILES string of the molecule is C/C=C(Cc1ccc(C)cc1)\C(=C/C)C(=O)C=O. The number of allylic oxidation sites excluding steroid dienone is 4. The summed E-state index contributed by atoms with van der Waals surface area (Å²) in [6.07, 6.45) is 4.61. The fraction of sp³-hybridized carbons (Fsp3) is 0.250. The van der Waals surface area contributed by atoms with Crippen LogP contribution in [0.3, 0.4) is 0 Å². The molecule has 0 bridgehead atoms. The van der Waals surface area contributed by atoms with Crippen molar-refractivity contribution in [1.29, 1.82) is 0 Å². The molecule has 0 spiro atoms. The van der Waals surface area contributed by atoms with Crippen LogP contribution in [0.2, 0.25) is 0 Å². The Kier molecular flexibility index (Phi) is 5.25. The molecule has 0 aliphatic heterocycles. The van der Waals surface area contributed by atoms with Gasteiger partial charge < -0.3 is 0 Å². The first-order valence-corrected chi connectivity index (χ1v) is 5.99. The Bertz CT molecular complexity index is 490. The molecule has 1 aromatic rings. The van der Waals surface area contributed by atoms with Crippen molar-refractivity contribution in [3.05, 3.63) is 58.7 Å². The number of hydrogen-bond acceptors (Lipinski definition) is 2. The highest BCUT2D eigenvalue weighted by Gasteiger charge is 2.12. The van der Waals surface area contributed by atoms with Crippen molar-refractivity contribution >= 4 is 12.1 Å². The second kappa shape index (κ2) is 6.70. The largest absolute Gasteiger partial charge is 0.294 e. The molecule has 2 nitrogen and oxygen atoms in total. The summed E-state index contributed by atoms with van der Waals surface area (Å²) < 4.78 is 0. The Hall–Kier alpha value is -1.96. The Labute approximate surface area is 108 Å². The van der Waals surface area contributed by atoms with Crippen LogP contribution in [0.15, 0.2) is 47.6 Å². The van der Waals surface area contributed by atoms with Gasteiger partial charge in [0.1, 0.15) is 0 Å². The molecule has 0 atom stereocenters. The summed E-state index contributed by atoms with van der Waals surface area (Å²) in [5.41, 5.74) is 3.72. The van der Waals surface area contributed by atoms with Gasteiger partial charge in [-0.2, -0.15) is 0 Å². The lowest BCUT2D eigenvalue weighted by molar-refractivity contribution is -0.127. The van der Waals surface area contributed by atoms with Gasteiger partial charge in [0.05, 0.1) is 0 Å². The zero-order valence-electron chi connectivity index (χ0n) is 11.1. The molecule has 18 heavy (non-hydrogen) atoms. The monoisotopic (exact) mass is 242 g/mol. The van der Waals surface area contributed by atoms with Crippen LogP contribution in [0.5, 0.6) is 0 Å². The van der Waals surface area contributed by atoms with Crippen molar-refractivity contribution in [3.63, 3.8) is 0 Å². The number of hydrogen-bond donors (Lipinski definition) is 0. The van der Waals surface area contributed by atoms with Crippen LogP contribution in [0.25, 0.3) is 0 Å². The first-order valence-electron chi connectivity index (χ1n) is 5.99. The minimum atomic E-state index is -0.460. The van der Waals surface area contributed by atoms with Crippen molar-refractivity contribution in [2.75, 3.05) is 0 Å². The Morgan fingerprint density at radius 3 is 2.17 bits per heavy atom. The smallest absolute Gasteiger partial charge is 0.225 e. The maximum absolute atomic E-state index is 11.5. The predicted molar refractivity (Wildman–Crippen MR) is 73.5 cm³/mol. The van der Waals surface area contributed by atoms with Gasteiger partial charge in [-0.1, -0.05) is 42.0 Å². The molecule has 0 unspecified atom stereocenters. The first-order chi connectivity index (χ1) is 8.62. The number of carbonyl (C=O) groups excluding carboxylic acids is 2. The molecule has 0 aliphatic rings. The second-order valence-electron chi connectivity index (χ2n) is 4.16. The Balaban J connectivity index is 2.95. The summed E-state index contributed by atoms with van der Waals surface area (Å²) in [6.45, 7) is 5.69. The second-order valence-corrected chi connectivity index (χ2v) is 4.16. The van der Waals surface area contributed by atoms with E-state index in [1.54, 1.807) is 13.0 Å². The highest BCUT2D eigenvalue weighted by Crippen LogP contribution is 2.17. The molecule has 0 aliphatic carbocycles. The third-order valence-electron chi connectivity index (χ3n) is 2.87. The number of Topliss-reactive ketones (excluding diaryl/α,β-unsaturated/α-hetero) is 1. The van der Waals surface area contributed by atoms with Crippen LogP contribution in [0, 0.1) is 6.92 Å². The molecule has 0 saturated heterocycles. The van der Waals surface area contributed by atoms with Gasteiger partial charge in [0.2, 0.25) is 5.78 Å². The minimum Gasteiger partial charge on any atom is -0.294 e. The van der Waals surface area contributed by atoms with E-state index in [9.17, 15) is 9.59 Å². The fourth-order valence-electron chi connectivity index (χ4n) is 1.83. The van der Waals surface area contributed by atoms with Crippen LogP contribution < -0.4 is 0 Å². The van der Waals surface area contributed by atoms with Crippen LogP contribution in [0.4, 0.5) is 0 Å². The summed E-state index contributed by atoms with van der Waals surface area (Å²) in [7, 11) is 0. The molecule has 0 fully saturated rings. The van der Waals surface area contributed by atoms with E-state index >= 15 is 0 Å². The predicted octanol–water partition coefficient (Wildman–Crippen LogP) is 3.20. The molecule has 2 heteroatoms. The van der Waals surface area contributed by atoms with E-state index in [1.165, 1.54) is 5.56 Å². The molecular weight excluding hydrogens is 224 g/mol. The topological polar surface area (TPSA) is 34.1 Å². The number of ketones is 1. The van der Waals surface area contributed by atoms with E-state index in [4.69, 9.17) is 0 Å². The molecule has 0 aromatic heterocycles. The molecule has 0 heterocycles.